The number of fused-ring (bicyclic) bond motifs is 7. The van der Waals surface area contributed by atoms with E-state index in [2.05, 4.69) is 142 Å². The van der Waals surface area contributed by atoms with Crippen LogP contribution in [0.2, 0.25) is 0 Å². The Labute approximate surface area is 254 Å². The van der Waals surface area contributed by atoms with E-state index in [9.17, 15) is 0 Å². The fourth-order valence-electron chi connectivity index (χ4n) is 6.67. The zero-order chi connectivity index (χ0) is 29.0. The van der Waals surface area contributed by atoms with Gasteiger partial charge in [-0.15, -0.1) is 0 Å². The molecule has 5 aromatic carbocycles. The fraction of sp³-hybridized carbons (Fsp3) is 0. The molecule has 206 valence electrons. The Hall–Kier alpha value is -6.00. The summed E-state index contributed by atoms with van der Waals surface area (Å²) in [6.07, 6.45) is 1.81. The Balaban J connectivity index is 1.36. The predicted molar refractivity (Wildman–Crippen MR) is 182 cm³/mol. The molecule has 0 radical (unpaired) electrons. The zero-order valence-corrected chi connectivity index (χ0v) is 23.8. The van der Waals surface area contributed by atoms with Gasteiger partial charge in [0.05, 0.1) is 39.1 Å². The van der Waals surface area contributed by atoms with E-state index in [1.807, 2.05) is 30.5 Å². The van der Waals surface area contributed by atoms with E-state index in [1.54, 1.807) is 0 Å². The van der Waals surface area contributed by atoms with E-state index < -0.39 is 0 Å². The van der Waals surface area contributed by atoms with Crippen LogP contribution in [0.3, 0.4) is 0 Å². The molecule has 0 aliphatic rings. The first kappa shape index (κ1) is 24.6. The standard InChI is InChI=1S/C40H26N4/c1-2-13-28(14-3-1)43-37-21-6-4-16-30(37)32-23-24-33-31-17-5-7-22-38(31)44(40(33)39(32)43)29-15-10-12-27(26-29)34-19-11-20-36(42-34)35-18-8-9-25-41-35/h1-26H. The van der Waals surface area contributed by atoms with Crippen LogP contribution in [-0.4, -0.2) is 19.1 Å². The summed E-state index contributed by atoms with van der Waals surface area (Å²) in [7, 11) is 0. The monoisotopic (exact) mass is 562 g/mol. The second-order valence-corrected chi connectivity index (χ2v) is 11.1. The van der Waals surface area contributed by atoms with Gasteiger partial charge >= 0.3 is 0 Å². The molecule has 9 rings (SSSR count). The van der Waals surface area contributed by atoms with Crippen LogP contribution in [0.25, 0.3) is 77.6 Å². The summed E-state index contributed by atoms with van der Waals surface area (Å²) < 4.78 is 4.85. The number of hydrogen-bond acceptors (Lipinski definition) is 2. The fourth-order valence-corrected chi connectivity index (χ4v) is 6.67. The van der Waals surface area contributed by atoms with E-state index in [4.69, 9.17) is 4.98 Å². The van der Waals surface area contributed by atoms with Gasteiger partial charge in [0, 0.05) is 44.7 Å². The molecule has 0 N–H and O–H groups in total. The molecule has 0 spiro atoms. The van der Waals surface area contributed by atoms with E-state index in [0.717, 1.165) is 34.0 Å². The second kappa shape index (κ2) is 9.79. The Morgan fingerprint density at radius 3 is 1.66 bits per heavy atom. The molecule has 0 unspecified atom stereocenters. The predicted octanol–water partition coefficient (Wildman–Crippen LogP) is 10.0. The minimum atomic E-state index is 0.861. The van der Waals surface area contributed by atoms with Crippen LogP contribution in [-0.2, 0) is 0 Å². The molecule has 4 aromatic heterocycles. The van der Waals surface area contributed by atoms with Crippen LogP contribution in [0.5, 0.6) is 0 Å². The van der Waals surface area contributed by atoms with Crippen LogP contribution < -0.4 is 0 Å². The van der Waals surface area contributed by atoms with Crippen LogP contribution >= 0.6 is 0 Å². The molecule has 4 heteroatoms. The van der Waals surface area contributed by atoms with Crippen LogP contribution in [0, 0.1) is 0 Å². The maximum Gasteiger partial charge on any atom is 0.0893 e. The third kappa shape index (κ3) is 3.71. The first-order valence-electron chi connectivity index (χ1n) is 14.9. The number of nitrogens with zero attached hydrogens (tertiary/aromatic N) is 4. The Morgan fingerprint density at radius 2 is 0.955 bits per heavy atom. The van der Waals surface area contributed by atoms with Gasteiger partial charge < -0.3 is 9.13 Å². The number of para-hydroxylation sites is 3. The first-order chi connectivity index (χ1) is 21.8. The maximum absolute atomic E-state index is 5.02. The van der Waals surface area contributed by atoms with Crippen molar-refractivity contribution in [2.24, 2.45) is 0 Å². The van der Waals surface area contributed by atoms with Crippen LogP contribution in [0.4, 0.5) is 0 Å². The quantitative estimate of drug-likeness (QED) is 0.214. The molecule has 0 saturated carbocycles. The van der Waals surface area contributed by atoms with Crippen molar-refractivity contribution in [1.82, 2.24) is 19.1 Å². The van der Waals surface area contributed by atoms with Crippen LogP contribution in [0.1, 0.15) is 0 Å². The molecule has 0 saturated heterocycles. The van der Waals surface area contributed by atoms with Gasteiger partial charge in [0.15, 0.2) is 0 Å². The Morgan fingerprint density at radius 1 is 0.386 bits per heavy atom. The topological polar surface area (TPSA) is 35.6 Å². The summed E-state index contributed by atoms with van der Waals surface area (Å²) in [4.78, 5) is 9.54. The van der Waals surface area contributed by atoms with Gasteiger partial charge in [0.1, 0.15) is 0 Å². The number of aromatic nitrogens is 4. The molecule has 0 amide bonds. The van der Waals surface area contributed by atoms with E-state index in [1.165, 1.54) is 43.6 Å². The van der Waals surface area contributed by atoms with Gasteiger partial charge in [-0.05, 0) is 60.7 Å². The third-order valence-electron chi connectivity index (χ3n) is 8.56. The van der Waals surface area contributed by atoms with E-state index >= 15 is 0 Å². The number of rotatable bonds is 4. The lowest BCUT2D eigenvalue weighted by atomic mass is 10.1. The van der Waals surface area contributed by atoms with Crippen molar-refractivity contribution in [3.8, 4) is 34.0 Å². The van der Waals surface area contributed by atoms with Crippen molar-refractivity contribution in [1.29, 1.82) is 0 Å². The molecule has 44 heavy (non-hydrogen) atoms. The number of benzene rings is 5. The van der Waals surface area contributed by atoms with E-state index in [-0.39, 0.29) is 0 Å². The molecular weight excluding hydrogens is 536 g/mol. The van der Waals surface area contributed by atoms with Gasteiger partial charge in [-0.3, -0.25) is 4.98 Å². The van der Waals surface area contributed by atoms with Crippen molar-refractivity contribution in [2.75, 3.05) is 0 Å². The zero-order valence-electron chi connectivity index (χ0n) is 23.8. The SMILES string of the molecule is c1ccc(-n2c3ccccc3c3ccc4c5ccccc5n(-c5cccc(-c6cccc(-c7ccccn7)n6)c5)c4c32)cc1. The first-order valence-corrected chi connectivity index (χ1v) is 14.9. The highest BCUT2D eigenvalue weighted by Gasteiger charge is 2.21. The van der Waals surface area contributed by atoms with Gasteiger partial charge in [0.2, 0.25) is 0 Å². The smallest absolute Gasteiger partial charge is 0.0893 e. The van der Waals surface area contributed by atoms with Gasteiger partial charge in [-0.25, -0.2) is 4.98 Å². The summed E-state index contributed by atoms with van der Waals surface area (Å²) in [5.41, 5.74) is 10.7. The highest BCUT2D eigenvalue weighted by Crippen LogP contribution is 2.41. The van der Waals surface area contributed by atoms with Crippen molar-refractivity contribution >= 4 is 43.6 Å². The van der Waals surface area contributed by atoms with Gasteiger partial charge in [-0.2, -0.15) is 0 Å². The number of hydrogen-bond donors (Lipinski definition) is 0. The van der Waals surface area contributed by atoms with Crippen molar-refractivity contribution in [2.45, 2.75) is 0 Å². The van der Waals surface area contributed by atoms with Gasteiger partial charge in [0.25, 0.3) is 0 Å². The van der Waals surface area contributed by atoms with Crippen molar-refractivity contribution < 1.29 is 0 Å². The normalized spacial score (nSPS) is 11.6. The average molecular weight is 563 g/mol. The number of pyridine rings is 2. The molecule has 4 heterocycles. The highest BCUT2D eigenvalue weighted by atomic mass is 15.0. The van der Waals surface area contributed by atoms with Crippen molar-refractivity contribution in [3.63, 3.8) is 0 Å². The van der Waals surface area contributed by atoms with Crippen molar-refractivity contribution in [3.05, 3.63) is 158 Å². The maximum atomic E-state index is 5.02. The molecule has 9 aromatic rings. The third-order valence-corrected chi connectivity index (χ3v) is 8.56. The lowest BCUT2D eigenvalue weighted by Crippen LogP contribution is -1.99. The second-order valence-electron chi connectivity index (χ2n) is 11.1. The summed E-state index contributed by atoms with van der Waals surface area (Å²) >= 11 is 0. The highest BCUT2D eigenvalue weighted by molar-refractivity contribution is 6.23. The molecule has 0 aliphatic carbocycles. The van der Waals surface area contributed by atoms with E-state index in [0.29, 0.717) is 0 Å². The molecule has 0 fully saturated rings. The minimum Gasteiger partial charge on any atom is -0.307 e. The average Bonchev–Trinajstić information content (AvgIpc) is 3.62. The van der Waals surface area contributed by atoms with Crippen LogP contribution in [0.15, 0.2) is 158 Å². The molecule has 0 bridgehead atoms. The summed E-state index contributed by atoms with van der Waals surface area (Å²) in [6, 6.07) is 53.5. The molecule has 0 aliphatic heterocycles. The molecule has 4 nitrogen and oxygen atoms in total. The Kier molecular flexibility index (Phi) is 5.47. The Bertz CT molecular complexity index is 2490. The summed E-state index contributed by atoms with van der Waals surface area (Å²) in [6.45, 7) is 0. The van der Waals surface area contributed by atoms with Gasteiger partial charge in [-0.1, -0.05) is 91.0 Å². The largest absolute Gasteiger partial charge is 0.307 e. The minimum absolute atomic E-state index is 0.861. The lowest BCUT2D eigenvalue weighted by Gasteiger charge is -2.13. The molecular formula is C40H26N4. The summed E-state index contributed by atoms with van der Waals surface area (Å²) in [5, 5.41) is 4.94. The molecule has 0 atom stereocenters. The summed E-state index contributed by atoms with van der Waals surface area (Å²) in [5.74, 6) is 0. The lowest BCUT2D eigenvalue weighted by molar-refractivity contribution is 1.15.